The average Bonchev–Trinajstić information content (AvgIpc) is 2.48. The predicted octanol–water partition coefficient (Wildman–Crippen LogP) is 2.21. The normalized spacial score (nSPS) is 9.62. The Morgan fingerprint density at radius 3 is 2.86 bits per heavy atom. The van der Waals surface area contributed by atoms with Gasteiger partial charge in [0, 0.05) is 18.2 Å². The number of carbonyl (C=O) groups is 1. The molecule has 0 fully saturated rings. The van der Waals surface area contributed by atoms with E-state index in [-0.39, 0.29) is 12.2 Å². The lowest BCUT2D eigenvalue weighted by Gasteiger charge is -2.05. The van der Waals surface area contributed by atoms with Crippen LogP contribution in [-0.4, -0.2) is 22.6 Å². The summed E-state index contributed by atoms with van der Waals surface area (Å²) in [7, 11) is 0. The minimum absolute atomic E-state index is 0.0416. The van der Waals surface area contributed by atoms with Gasteiger partial charge in [-0.2, -0.15) is 0 Å². The van der Waals surface area contributed by atoms with Gasteiger partial charge in [-0.25, -0.2) is 9.37 Å². The third kappa shape index (κ3) is 4.13. The highest BCUT2D eigenvalue weighted by Crippen LogP contribution is 2.12. The van der Waals surface area contributed by atoms with Gasteiger partial charge in [0.15, 0.2) is 0 Å². The van der Waals surface area contributed by atoms with E-state index in [1.807, 2.05) is 0 Å². The Balaban J connectivity index is 2.14. The first-order chi connectivity index (χ1) is 10.2. The molecule has 1 amide bonds. The molecule has 0 aliphatic rings. The molecule has 1 aromatic carbocycles. The summed E-state index contributed by atoms with van der Waals surface area (Å²) >= 11 is 0. The predicted molar refractivity (Wildman–Crippen MR) is 77.2 cm³/mol. The molecule has 0 unspecified atom stereocenters. The summed E-state index contributed by atoms with van der Waals surface area (Å²) in [6.45, 7) is -0.0416. The molecule has 5 heteroatoms. The lowest BCUT2D eigenvalue weighted by Crippen LogP contribution is -2.14. The van der Waals surface area contributed by atoms with Crippen molar-refractivity contribution in [1.82, 2.24) is 4.98 Å². The van der Waals surface area contributed by atoms with Crippen LogP contribution in [0.15, 0.2) is 42.6 Å². The monoisotopic (exact) mass is 284 g/mol. The molecular formula is C16H13FN2O2. The van der Waals surface area contributed by atoms with Crippen LogP contribution in [0.3, 0.4) is 0 Å². The summed E-state index contributed by atoms with van der Waals surface area (Å²) in [5, 5.41) is 11.1. The molecule has 0 saturated carbocycles. The zero-order valence-corrected chi connectivity index (χ0v) is 11.1. The van der Waals surface area contributed by atoms with E-state index in [1.165, 1.54) is 18.3 Å². The molecule has 4 nitrogen and oxygen atoms in total. The van der Waals surface area contributed by atoms with Crippen LogP contribution in [0.4, 0.5) is 10.2 Å². The molecule has 21 heavy (non-hydrogen) atoms. The van der Waals surface area contributed by atoms with E-state index in [9.17, 15) is 9.18 Å². The van der Waals surface area contributed by atoms with Crippen molar-refractivity contribution < 1.29 is 14.3 Å². The van der Waals surface area contributed by atoms with Gasteiger partial charge >= 0.3 is 0 Å². The number of hydrogen-bond acceptors (Lipinski definition) is 3. The quantitative estimate of drug-likeness (QED) is 0.849. The molecule has 0 radical (unpaired) electrons. The standard InChI is InChI=1S/C16H13FN2O2/c17-14-11-12(5-2-4-10-20)7-8-13(14)16(21)19-15-6-1-3-9-18-15/h1,3,6-9,11,20H,4,10H2,(H,18,19,21). The summed E-state index contributed by atoms with van der Waals surface area (Å²) in [5.74, 6) is 4.53. The Labute approximate surface area is 121 Å². The number of aromatic nitrogens is 1. The Kier molecular flexibility index (Phi) is 5.02. The van der Waals surface area contributed by atoms with Gasteiger partial charge in [0.25, 0.3) is 5.91 Å². The third-order valence-electron chi connectivity index (χ3n) is 2.59. The maximum Gasteiger partial charge on any atom is 0.259 e. The van der Waals surface area contributed by atoms with Crippen LogP contribution < -0.4 is 5.32 Å². The van der Waals surface area contributed by atoms with Crippen molar-refractivity contribution in [2.45, 2.75) is 6.42 Å². The minimum atomic E-state index is -0.653. The molecule has 0 spiro atoms. The highest BCUT2D eigenvalue weighted by Gasteiger charge is 2.12. The molecule has 1 heterocycles. The van der Waals surface area contributed by atoms with E-state index in [0.29, 0.717) is 17.8 Å². The molecule has 0 saturated heterocycles. The van der Waals surface area contributed by atoms with Gasteiger partial charge < -0.3 is 10.4 Å². The molecular weight excluding hydrogens is 271 g/mol. The summed E-state index contributed by atoms with van der Waals surface area (Å²) in [6.07, 6.45) is 1.86. The highest BCUT2D eigenvalue weighted by molar-refractivity contribution is 6.04. The molecule has 1 aromatic heterocycles. The number of carbonyl (C=O) groups excluding carboxylic acids is 1. The van der Waals surface area contributed by atoms with Crippen LogP contribution in [0.25, 0.3) is 0 Å². The first-order valence-electron chi connectivity index (χ1n) is 6.32. The van der Waals surface area contributed by atoms with E-state index in [4.69, 9.17) is 5.11 Å². The maximum atomic E-state index is 13.9. The molecule has 2 rings (SSSR count). The van der Waals surface area contributed by atoms with Gasteiger partial charge in [0.05, 0.1) is 12.2 Å². The molecule has 0 atom stereocenters. The summed E-state index contributed by atoms with van der Waals surface area (Å²) in [5.41, 5.74) is 0.378. The fourth-order valence-corrected chi connectivity index (χ4v) is 1.62. The number of pyridine rings is 1. The van der Waals surface area contributed by atoms with Crippen molar-refractivity contribution in [3.8, 4) is 11.8 Å². The molecule has 106 valence electrons. The van der Waals surface area contributed by atoms with E-state index in [2.05, 4.69) is 22.1 Å². The van der Waals surface area contributed by atoms with Crippen molar-refractivity contribution in [2.24, 2.45) is 0 Å². The number of rotatable bonds is 3. The highest BCUT2D eigenvalue weighted by atomic mass is 19.1. The van der Waals surface area contributed by atoms with Crippen LogP contribution >= 0.6 is 0 Å². The second kappa shape index (κ2) is 7.17. The van der Waals surface area contributed by atoms with Gasteiger partial charge in [0.2, 0.25) is 0 Å². The zero-order chi connectivity index (χ0) is 15.1. The number of halogens is 1. The zero-order valence-electron chi connectivity index (χ0n) is 11.1. The smallest absolute Gasteiger partial charge is 0.259 e. The van der Waals surface area contributed by atoms with Crippen LogP contribution in [0.5, 0.6) is 0 Å². The molecule has 0 bridgehead atoms. The van der Waals surface area contributed by atoms with Crippen LogP contribution in [-0.2, 0) is 0 Å². The Morgan fingerprint density at radius 1 is 1.33 bits per heavy atom. The van der Waals surface area contributed by atoms with E-state index < -0.39 is 11.7 Å². The Hall–Kier alpha value is -2.71. The van der Waals surface area contributed by atoms with Gasteiger partial charge in [-0.05, 0) is 30.3 Å². The fourth-order valence-electron chi connectivity index (χ4n) is 1.62. The molecule has 2 aromatic rings. The lowest BCUT2D eigenvalue weighted by atomic mass is 10.1. The summed E-state index contributed by atoms with van der Waals surface area (Å²) < 4.78 is 13.9. The number of nitrogens with zero attached hydrogens (tertiary/aromatic N) is 1. The van der Waals surface area contributed by atoms with Gasteiger partial charge in [-0.1, -0.05) is 17.9 Å². The lowest BCUT2D eigenvalue weighted by molar-refractivity contribution is 0.102. The SMILES string of the molecule is O=C(Nc1ccccn1)c1ccc(C#CCCO)cc1F. The first-order valence-corrected chi connectivity index (χ1v) is 6.32. The van der Waals surface area contributed by atoms with E-state index >= 15 is 0 Å². The van der Waals surface area contributed by atoms with Crippen molar-refractivity contribution in [3.05, 3.63) is 59.5 Å². The van der Waals surface area contributed by atoms with Crippen LogP contribution in [0.1, 0.15) is 22.3 Å². The number of aliphatic hydroxyl groups excluding tert-OH is 1. The van der Waals surface area contributed by atoms with Crippen molar-refractivity contribution in [2.75, 3.05) is 11.9 Å². The van der Waals surface area contributed by atoms with Gasteiger partial charge in [-0.3, -0.25) is 4.79 Å². The Morgan fingerprint density at radius 2 is 2.19 bits per heavy atom. The topological polar surface area (TPSA) is 62.2 Å². The largest absolute Gasteiger partial charge is 0.395 e. The molecule has 0 aliphatic heterocycles. The van der Waals surface area contributed by atoms with Crippen molar-refractivity contribution >= 4 is 11.7 Å². The second-order valence-electron chi connectivity index (χ2n) is 4.14. The first kappa shape index (κ1) is 14.7. The number of aliphatic hydroxyl groups is 1. The van der Waals surface area contributed by atoms with E-state index in [1.54, 1.807) is 24.3 Å². The number of hydrogen-bond donors (Lipinski definition) is 2. The van der Waals surface area contributed by atoms with Gasteiger partial charge in [-0.15, -0.1) is 0 Å². The molecule has 0 aliphatic carbocycles. The maximum absolute atomic E-state index is 13.9. The third-order valence-corrected chi connectivity index (χ3v) is 2.59. The van der Waals surface area contributed by atoms with Crippen LogP contribution in [0, 0.1) is 17.7 Å². The number of amides is 1. The number of benzene rings is 1. The average molecular weight is 284 g/mol. The Bertz CT molecular complexity index is 690. The molecule has 2 N–H and O–H groups in total. The summed E-state index contributed by atoms with van der Waals surface area (Å²) in [4.78, 5) is 15.9. The number of nitrogens with one attached hydrogen (secondary N) is 1. The van der Waals surface area contributed by atoms with Gasteiger partial charge in [0.1, 0.15) is 11.6 Å². The minimum Gasteiger partial charge on any atom is -0.395 e. The van der Waals surface area contributed by atoms with Crippen molar-refractivity contribution in [1.29, 1.82) is 0 Å². The fraction of sp³-hybridized carbons (Fsp3) is 0.125. The van der Waals surface area contributed by atoms with Crippen LogP contribution in [0.2, 0.25) is 0 Å². The second-order valence-corrected chi connectivity index (χ2v) is 4.14. The van der Waals surface area contributed by atoms with Crippen molar-refractivity contribution in [3.63, 3.8) is 0 Å². The number of anilines is 1. The summed E-state index contributed by atoms with van der Waals surface area (Å²) in [6, 6.07) is 9.18. The van der Waals surface area contributed by atoms with E-state index in [0.717, 1.165) is 0 Å².